The minimum atomic E-state index is 0.0877. The van der Waals surface area contributed by atoms with E-state index >= 15 is 0 Å². The van der Waals surface area contributed by atoms with Crippen LogP contribution in [0.5, 0.6) is 5.75 Å². The first-order chi connectivity index (χ1) is 10.0. The second kappa shape index (κ2) is 9.52. The van der Waals surface area contributed by atoms with Gasteiger partial charge >= 0.3 is 0 Å². The van der Waals surface area contributed by atoms with Crippen LogP contribution in [0.25, 0.3) is 0 Å². The van der Waals surface area contributed by atoms with Crippen LogP contribution in [0.3, 0.4) is 0 Å². The van der Waals surface area contributed by atoms with Gasteiger partial charge < -0.3 is 15.4 Å². The highest BCUT2D eigenvalue weighted by Gasteiger charge is 2.13. The van der Waals surface area contributed by atoms with E-state index in [4.69, 9.17) is 33.7 Å². The summed E-state index contributed by atoms with van der Waals surface area (Å²) in [6.07, 6.45) is 1.63. The molecule has 1 unspecified atom stereocenters. The fraction of sp³-hybridized carbons (Fsp3) is 0.625. The van der Waals surface area contributed by atoms with Crippen LogP contribution in [0, 0.1) is 0 Å². The molecule has 0 amide bonds. The van der Waals surface area contributed by atoms with E-state index in [1.54, 1.807) is 6.07 Å². The smallest absolute Gasteiger partial charge is 0.141 e. The molecule has 21 heavy (non-hydrogen) atoms. The van der Waals surface area contributed by atoms with Crippen LogP contribution in [0.2, 0.25) is 10.0 Å². The van der Waals surface area contributed by atoms with E-state index < -0.39 is 0 Å². The van der Waals surface area contributed by atoms with Gasteiger partial charge in [0, 0.05) is 17.6 Å². The van der Waals surface area contributed by atoms with Crippen molar-refractivity contribution in [3.63, 3.8) is 0 Å². The Kier molecular flexibility index (Phi) is 8.42. The summed E-state index contributed by atoms with van der Waals surface area (Å²) < 4.78 is 5.91. The van der Waals surface area contributed by atoms with Gasteiger partial charge in [0.05, 0.1) is 5.02 Å². The number of hydrogen-bond acceptors (Lipinski definition) is 3. The van der Waals surface area contributed by atoms with E-state index in [-0.39, 0.29) is 6.04 Å². The average molecular weight is 333 g/mol. The van der Waals surface area contributed by atoms with Crippen LogP contribution in [0.15, 0.2) is 12.1 Å². The Morgan fingerprint density at radius 2 is 1.86 bits per heavy atom. The van der Waals surface area contributed by atoms with Gasteiger partial charge in [-0.1, -0.05) is 44.0 Å². The van der Waals surface area contributed by atoms with Crippen LogP contribution < -0.4 is 10.5 Å². The Morgan fingerprint density at radius 1 is 1.19 bits per heavy atom. The third kappa shape index (κ3) is 6.03. The van der Waals surface area contributed by atoms with Crippen LogP contribution in [0.4, 0.5) is 0 Å². The van der Waals surface area contributed by atoms with Crippen molar-refractivity contribution in [3.8, 4) is 5.75 Å². The zero-order valence-corrected chi connectivity index (χ0v) is 14.7. The Bertz CT molecular complexity index is 437. The van der Waals surface area contributed by atoms with Gasteiger partial charge in [-0.05, 0) is 43.6 Å². The Labute approximate surface area is 138 Å². The predicted octanol–water partition coefficient (Wildman–Crippen LogP) is 3.99. The van der Waals surface area contributed by atoms with Crippen molar-refractivity contribution in [3.05, 3.63) is 27.7 Å². The SMILES string of the molecule is CCC(N)Cc1cc(Cl)cc(Cl)c1OCCN(CC)CC. The molecule has 0 aliphatic rings. The molecule has 3 nitrogen and oxygen atoms in total. The number of nitrogens with two attached hydrogens (primary N) is 1. The third-order valence-corrected chi connectivity index (χ3v) is 4.14. The normalized spacial score (nSPS) is 12.7. The summed E-state index contributed by atoms with van der Waals surface area (Å²) >= 11 is 12.4. The second-order valence-electron chi connectivity index (χ2n) is 5.12. The lowest BCUT2D eigenvalue weighted by molar-refractivity contribution is 0.221. The van der Waals surface area contributed by atoms with Crippen LogP contribution in [-0.4, -0.2) is 37.2 Å². The van der Waals surface area contributed by atoms with Gasteiger partial charge in [0.1, 0.15) is 12.4 Å². The minimum Gasteiger partial charge on any atom is -0.490 e. The molecule has 1 atom stereocenters. The van der Waals surface area contributed by atoms with Crippen molar-refractivity contribution in [2.75, 3.05) is 26.2 Å². The molecule has 1 aromatic rings. The molecular weight excluding hydrogens is 307 g/mol. The molecule has 0 heterocycles. The Balaban J connectivity index is 2.79. The summed E-state index contributed by atoms with van der Waals surface area (Å²) in [6.45, 7) is 9.87. The molecule has 1 rings (SSSR count). The van der Waals surface area contributed by atoms with Crippen LogP contribution in [0.1, 0.15) is 32.8 Å². The molecule has 0 fully saturated rings. The number of rotatable bonds is 9. The van der Waals surface area contributed by atoms with Gasteiger partial charge in [0.25, 0.3) is 0 Å². The molecule has 0 aliphatic carbocycles. The standard InChI is InChI=1S/C16H26Cl2N2O/c1-4-14(19)10-12-9-13(17)11-15(18)16(12)21-8-7-20(5-2)6-3/h9,11,14H,4-8,10,19H2,1-3H3. The number of hydrogen-bond donors (Lipinski definition) is 1. The first kappa shape index (κ1) is 18.6. The summed E-state index contributed by atoms with van der Waals surface area (Å²) in [5.74, 6) is 0.720. The maximum atomic E-state index is 6.28. The van der Waals surface area contributed by atoms with Crippen LogP contribution >= 0.6 is 23.2 Å². The van der Waals surface area contributed by atoms with Gasteiger partial charge in [-0.25, -0.2) is 0 Å². The van der Waals surface area contributed by atoms with Gasteiger partial charge in [0.2, 0.25) is 0 Å². The number of benzene rings is 1. The average Bonchev–Trinajstić information content (AvgIpc) is 2.45. The minimum absolute atomic E-state index is 0.0877. The summed E-state index contributed by atoms with van der Waals surface area (Å²) in [5, 5.41) is 1.18. The first-order valence-corrected chi connectivity index (χ1v) is 8.35. The summed E-state index contributed by atoms with van der Waals surface area (Å²) in [6, 6.07) is 3.71. The lowest BCUT2D eigenvalue weighted by atomic mass is 10.0. The molecule has 5 heteroatoms. The molecule has 0 spiro atoms. The van der Waals surface area contributed by atoms with E-state index in [0.29, 0.717) is 16.7 Å². The number of nitrogens with zero attached hydrogens (tertiary/aromatic N) is 1. The van der Waals surface area contributed by atoms with Gasteiger partial charge in [-0.2, -0.15) is 0 Å². The van der Waals surface area contributed by atoms with Gasteiger partial charge in [-0.15, -0.1) is 0 Å². The van der Waals surface area contributed by atoms with E-state index in [1.165, 1.54) is 0 Å². The van der Waals surface area contributed by atoms with Crippen LogP contribution in [-0.2, 0) is 6.42 Å². The van der Waals surface area contributed by atoms with Crippen molar-refractivity contribution in [1.82, 2.24) is 4.90 Å². The molecule has 2 N–H and O–H groups in total. The number of halogens is 2. The second-order valence-corrected chi connectivity index (χ2v) is 5.97. The topological polar surface area (TPSA) is 38.5 Å². The molecule has 120 valence electrons. The fourth-order valence-corrected chi connectivity index (χ4v) is 2.76. The number of ether oxygens (including phenoxy) is 1. The summed E-state index contributed by atoms with van der Waals surface area (Å²) in [5.41, 5.74) is 7.03. The zero-order valence-electron chi connectivity index (χ0n) is 13.2. The Hall–Kier alpha value is -0.480. The predicted molar refractivity (Wildman–Crippen MR) is 91.7 cm³/mol. The molecule has 1 aromatic carbocycles. The first-order valence-electron chi connectivity index (χ1n) is 7.60. The highest BCUT2D eigenvalue weighted by molar-refractivity contribution is 6.35. The van der Waals surface area contributed by atoms with Crippen molar-refractivity contribution >= 4 is 23.2 Å². The number of likely N-dealkylation sites (N-methyl/N-ethyl adjacent to an activating group) is 1. The largest absolute Gasteiger partial charge is 0.490 e. The Morgan fingerprint density at radius 3 is 2.43 bits per heavy atom. The van der Waals surface area contributed by atoms with E-state index in [9.17, 15) is 0 Å². The van der Waals surface area contributed by atoms with E-state index in [1.807, 2.05) is 6.07 Å². The van der Waals surface area contributed by atoms with Crippen molar-refractivity contribution in [2.24, 2.45) is 5.73 Å². The zero-order chi connectivity index (χ0) is 15.8. The lowest BCUT2D eigenvalue weighted by Gasteiger charge is -2.20. The van der Waals surface area contributed by atoms with Crippen molar-refractivity contribution in [2.45, 2.75) is 39.7 Å². The van der Waals surface area contributed by atoms with Gasteiger partial charge in [0.15, 0.2) is 0 Å². The third-order valence-electron chi connectivity index (χ3n) is 3.64. The molecule has 0 bridgehead atoms. The van der Waals surface area contributed by atoms with Crippen molar-refractivity contribution < 1.29 is 4.74 Å². The maximum absolute atomic E-state index is 6.28. The fourth-order valence-electron chi connectivity index (χ4n) is 2.17. The van der Waals surface area contributed by atoms with Crippen molar-refractivity contribution in [1.29, 1.82) is 0 Å². The highest BCUT2D eigenvalue weighted by Crippen LogP contribution is 2.33. The highest BCUT2D eigenvalue weighted by atomic mass is 35.5. The molecule has 0 radical (unpaired) electrons. The molecule has 0 aromatic heterocycles. The molecule has 0 aliphatic heterocycles. The molecule has 0 saturated heterocycles. The van der Waals surface area contributed by atoms with Gasteiger partial charge in [-0.3, -0.25) is 0 Å². The summed E-state index contributed by atoms with van der Waals surface area (Å²) in [4.78, 5) is 2.31. The quantitative estimate of drug-likeness (QED) is 0.742. The molecule has 0 saturated carbocycles. The molecular formula is C16H26Cl2N2O. The van der Waals surface area contributed by atoms with E-state index in [2.05, 4.69) is 25.7 Å². The lowest BCUT2D eigenvalue weighted by Crippen LogP contribution is -2.28. The van der Waals surface area contributed by atoms with E-state index in [0.717, 1.165) is 43.8 Å². The summed E-state index contributed by atoms with van der Waals surface area (Å²) in [7, 11) is 0. The monoisotopic (exact) mass is 332 g/mol. The maximum Gasteiger partial charge on any atom is 0.141 e.